The van der Waals surface area contributed by atoms with E-state index in [2.05, 4.69) is 20.4 Å². The molecular weight excluding hydrogens is 534 g/mol. The standard InChI is InChI=1S/C29H26ClN5O5/c1-5-39-26-16-35(22-8-6-18(30)12-17(22)2)34-28(26)29(36)33-27-9-7-19(15-32-27)40-23-10-11-31-21-14-25(38-4)24(37-3)13-20(21)23/h6-16H,5H2,1-4H3,(H,32,33,36). The summed E-state index contributed by atoms with van der Waals surface area (Å²) >= 11 is 6.09. The van der Waals surface area contributed by atoms with Crippen molar-refractivity contribution in [2.24, 2.45) is 0 Å². The van der Waals surface area contributed by atoms with Gasteiger partial charge in [0.2, 0.25) is 0 Å². The van der Waals surface area contributed by atoms with Gasteiger partial charge in [0.15, 0.2) is 22.9 Å². The van der Waals surface area contributed by atoms with Crippen LogP contribution >= 0.6 is 11.6 Å². The van der Waals surface area contributed by atoms with Gasteiger partial charge in [-0.2, -0.15) is 5.10 Å². The number of rotatable bonds is 9. The molecule has 3 aromatic heterocycles. The van der Waals surface area contributed by atoms with Gasteiger partial charge in [0.05, 0.1) is 44.4 Å². The molecule has 0 aliphatic carbocycles. The van der Waals surface area contributed by atoms with Crippen molar-refractivity contribution in [3.63, 3.8) is 0 Å². The highest BCUT2D eigenvalue weighted by Gasteiger charge is 2.20. The molecule has 2 aromatic carbocycles. The molecule has 11 heteroatoms. The van der Waals surface area contributed by atoms with Crippen LogP contribution in [0.3, 0.4) is 0 Å². The quantitative estimate of drug-likeness (QED) is 0.226. The monoisotopic (exact) mass is 559 g/mol. The number of carbonyl (C=O) groups is 1. The van der Waals surface area contributed by atoms with Gasteiger partial charge in [-0.05, 0) is 61.9 Å². The normalized spacial score (nSPS) is 10.8. The number of amides is 1. The first kappa shape index (κ1) is 26.8. The number of aryl methyl sites for hydroxylation is 1. The van der Waals surface area contributed by atoms with E-state index in [9.17, 15) is 4.79 Å². The number of nitrogens with zero attached hydrogens (tertiary/aromatic N) is 4. The van der Waals surface area contributed by atoms with Crippen LogP contribution in [-0.4, -0.2) is 46.5 Å². The molecule has 1 N–H and O–H groups in total. The average molecular weight is 560 g/mol. The largest absolute Gasteiger partial charge is 0.493 e. The summed E-state index contributed by atoms with van der Waals surface area (Å²) in [5, 5.41) is 8.61. The third-order valence-corrected chi connectivity index (χ3v) is 6.25. The Hall–Kier alpha value is -4.83. The molecule has 0 atom stereocenters. The first-order valence-corrected chi connectivity index (χ1v) is 12.7. The number of fused-ring (bicyclic) bond motifs is 1. The summed E-state index contributed by atoms with van der Waals surface area (Å²) in [4.78, 5) is 21.9. The summed E-state index contributed by atoms with van der Waals surface area (Å²) in [5.74, 6) is 2.38. The van der Waals surface area contributed by atoms with Gasteiger partial charge in [0, 0.05) is 22.7 Å². The van der Waals surface area contributed by atoms with Crippen LogP contribution in [0.1, 0.15) is 23.0 Å². The van der Waals surface area contributed by atoms with Gasteiger partial charge in [-0.3, -0.25) is 9.78 Å². The Morgan fingerprint density at radius 2 is 1.77 bits per heavy atom. The Kier molecular flexibility index (Phi) is 7.70. The summed E-state index contributed by atoms with van der Waals surface area (Å²) in [6.45, 7) is 4.13. The second-order valence-electron chi connectivity index (χ2n) is 8.62. The van der Waals surface area contributed by atoms with Crippen molar-refractivity contribution in [3.05, 3.63) is 83.4 Å². The van der Waals surface area contributed by atoms with Crippen molar-refractivity contribution in [2.75, 3.05) is 26.1 Å². The number of nitrogens with one attached hydrogen (secondary N) is 1. The van der Waals surface area contributed by atoms with Crippen molar-refractivity contribution in [1.29, 1.82) is 0 Å². The molecule has 0 saturated carbocycles. The molecular formula is C29H26ClN5O5. The van der Waals surface area contributed by atoms with E-state index in [0.29, 0.717) is 51.7 Å². The predicted molar refractivity (Wildman–Crippen MR) is 152 cm³/mol. The second-order valence-corrected chi connectivity index (χ2v) is 9.06. The van der Waals surface area contributed by atoms with Crippen LogP contribution in [0.5, 0.6) is 28.7 Å². The van der Waals surface area contributed by atoms with Crippen molar-refractivity contribution in [1.82, 2.24) is 19.7 Å². The predicted octanol–water partition coefficient (Wildman–Crippen LogP) is 6.24. The molecule has 0 bridgehead atoms. The number of ether oxygens (including phenoxy) is 4. The van der Waals surface area contributed by atoms with Crippen molar-refractivity contribution < 1.29 is 23.7 Å². The van der Waals surface area contributed by atoms with E-state index < -0.39 is 5.91 Å². The van der Waals surface area contributed by atoms with Gasteiger partial charge >= 0.3 is 0 Å². The fourth-order valence-electron chi connectivity index (χ4n) is 4.13. The molecule has 3 heterocycles. The molecule has 5 aromatic rings. The van der Waals surface area contributed by atoms with Gasteiger partial charge in [-0.15, -0.1) is 0 Å². The number of carbonyl (C=O) groups excluding carboxylic acids is 1. The summed E-state index contributed by atoms with van der Waals surface area (Å²) in [6.07, 6.45) is 4.83. The maximum atomic E-state index is 13.1. The summed E-state index contributed by atoms with van der Waals surface area (Å²) < 4.78 is 24.1. The lowest BCUT2D eigenvalue weighted by Crippen LogP contribution is -2.15. The van der Waals surface area contributed by atoms with Crippen LogP contribution in [0.4, 0.5) is 5.82 Å². The molecule has 5 rings (SSSR count). The fourth-order valence-corrected chi connectivity index (χ4v) is 4.36. The third-order valence-electron chi connectivity index (χ3n) is 6.01. The summed E-state index contributed by atoms with van der Waals surface area (Å²) in [6, 6.07) is 14.1. The molecule has 204 valence electrons. The number of benzene rings is 2. The van der Waals surface area contributed by atoms with E-state index in [0.717, 1.165) is 16.6 Å². The fraction of sp³-hybridized carbons (Fsp3) is 0.172. The van der Waals surface area contributed by atoms with E-state index in [1.807, 2.05) is 26.0 Å². The maximum Gasteiger partial charge on any atom is 0.281 e. The Morgan fingerprint density at radius 1 is 0.975 bits per heavy atom. The van der Waals surface area contributed by atoms with Gasteiger partial charge in [-0.1, -0.05) is 11.6 Å². The van der Waals surface area contributed by atoms with Crippen LogP contribution in [-0.2, 0) is 0 Å². The summed E-state index contributed by atoms with van der Waals surface area (Å²) in [7, 11) is 3.14. The number of hydrogen-bond donors (Lipinski definition) is 1. The Bertz CT molecular complexity index is 1690. The summed E-state index contributed by atoms with van der Waals surface area (Å²) in [5.41, 5.74) is 2.50. The molecule has 1 amide bonds. The molecule has 0 radical (unpaired) electrons. The molecule has 10 nitrogen and oxygen atoms in total. The number of hydrogen-bond acceptors (Lipinski definition) is 8. The highest BCUT2D eigenvalue weighted by molar-refractivity contribution is 6.30. The van der Waals surface area contributed by atoms with Crippen LogP contribution in [0.25, 0.3) is 16.6 Å². The zero-order chi connectivity index (χ0) is 28.2. The van der Waals surface area contributed by atoms with Gasteiger partial charge in [0.1, 0.15) is 17.3 Å². The topological polar surface area (TPSA) is 110 Å². The third kappa shape index (κ3) is 5.48. The van der Waals surface area contributed by atoms with E-state index in [4.69, 9.17) is 30.5 Å². The number of halogens is 1. The van der Waals surface area contributed by atoms with E-state index in [1.165, 1.54) is 6.20 Å². The average Bonchev–Trinajstić information content (AvgIpc) is 3.37. The molecule has 0 fully saturated rings. The van der Waals surface area contributed by atoms with Crippen LogP contribution in [0.2, 0.25) is 5.02 Å². The molecule has 0 spiro atoms. The molecule has 0 aliphatic rings. The lowest BCUT2D eigenvalue weighted by Gasteiger charge is -2.12. The van der Waals surface area contributed by atoms with Crippen molar-refractivity contribution in [2.45, 2.75) is 13.8 Å². The van der Waals surface area contributed by atoms with Gasteiger partial charge in [-0.25, -0.2) is 9.67 Å². The zero-order valence-corrected chi connectivity index (χ0v) is 23.0. The van der Waals surface area contributed by atoms with E-state index >= 15 is 0 Å². The SMILES string of the molecule is CCOc1cn(-c2ccc(Cl)cc2C)nc1C(=O)Nc1ccc(Oc2ccnc3cc(OC)c(OC)cc23)cn1. The molecule has 0 aliphatic heterocycles. The minimum atomic E-state index is -0.462. The lowest BCUT2D eigenvalue weighted by atomic mass is 10.2. The maximum absolute atomic E-state index is 13.1. The smallest absolute Gasteiger partial charge is 0.281 e. The zero-order valence-electron chi connectivity index (χ0n) is 22.3. The first-order valence-electron chi connectivity index (χ1n) is 12.3. The number of methoxy groups -OCH3 is 2. The molecule has 40 heavy (non-hydrogen) atoms. The van der Waals surface area contributed by atoms with Crippen molar-refractivity contribution in [3.8, 4) is 34.4 Å². The highest BCUT2D eigenvalue weighted by Crippen LogP contribution is 2.37. The Labute approximate surface area is 235 Å². The van der Waals surface area contributed by atoms with E-state index in [-0.39, 0.29) is 5.69 Å². The second kappa shape index (κ2) is 11.5. The van der Waals surface area contributed by atoms with Gasteiger partial charge < -0.3 is 24.3 Å². The lowest BCUT2D eigenvalue weighted by molar-refractivity contribution is 0.101. The number of aromatic nitrogens is 4. The molecule has 0 unspecified atom stereocenters. The Morgan fingerprint density at radius 3 is 2.48 bits per heavy atom. The van der Waals surface area contributed by atoms with E-state index in [1.54, 1.807) is 67.7 Å². The van der Waals surface area contributed by atoms with Crippen molar-refractivity contribution >= 4 is 34.2 Å². The minimum Gasteiger partial charge on any atom is -0.493 e. The van der Waals surface area contributed by atoms with Crippen LogP contribution < -0.4 is 24.3 Å². The molecule has 0 saturated heterocycles. The highest BCUT2D eigenvalue weighted by atomic mass is 35.5. The minimum absolute atomic E-state index is 0.131. The number of anilines is 1. The van der Waals surface area contributed by atoms with Crippen LogP contribution in [0.15, 0.2) is 67.1 Å². The van der Waals surface area contributed by atoms with Gasteiger partial charge in [0.25, 0.3) is 5.91 Å². The Balaban J connectivity index is 1.35. The van der Waals surface area contributed by atoms with Crippen LogP contribution in [0, 0.1) is 6.92 Å². The first-order chi connectivity index (χ1) is 19.4. The number of pyridine rings is 2.